The van der Waals surface area contributed by atoms with Crippen LogP contribution in [-0.4, -0.2) is 17.2 Å². The Kier molecular flexibility index (Phi) is 7.78. The second-order valence-corrected chi connectivity index (χ2v) is 5.23. The average molecular weight is 278 g/mol. The first kappa shape index (κ1) is 16.5. The topological polar surface area (TPSA) is 46.5 Å². The van der Waals surface area contributed by atoms with Gasteiger partial charge in [0.15, 0.2) is 6.10 Å². The molecule has 0 aliphatic rings. The molecule has 0 fully saturated rings. The third kappa shape index (κ3) is 5.64. The van der Waals surface area contributed by atoms with Gasteiger partial charge >= 0.3 is 5.97 Å². The molecule has 3 nitrogen and oxygen atoms in total. The highest BCUT2D eigenvalue weighted by Crippen LogP contribution is 2.24. The van der Waals surface area contributed by atoms with Gasteiger partial charge in [-0.2, -0.15) is 0 Å². The molecule has 0 amide bonds. The maximum Gasteiger partial charge on any atom is 0.345 e. The Morgan fingerprint density at radius 2 is 1.80 bits per heavy atom. The van der Waals surface area contributed by atoms with Crippen LogP contribution in [-0.2, 0) is 4.79 Å². The van der Waals surface area contributed by atoms with Crippen molar-refractivity contribution in [1.29, 1.82) is 0 Å². The van der Waals surface area contributed by atoms with Crippen molar-refractivity contribution in [2.45, 2.75) is 58.5 Å². The highest BCUT2D eigenvalue weighted by molar-refractivity contribution is 5.73. The van der Waals surface area contributed by atoms with Crippen molar-refractivity contribution in [2.75, 3.05) is 0 Å². The van der Waals surface area contributed by atoms with Crippen LogP contribution in [0, 0.1) is 5.92 Å². The Bertz CT molecular complexity index is 375. The molecule has 1 N–H and O–H groups in total. The Hall–Kier alpha value is -1.51. The Labute approximate surface area is 122 Å². The zero-order valence-electron chi connectivity index (χ0n) is 12.5. The molecular weight excluding hydrogens is 252 g/mol. The molecule has 0 spiro atoms. The van der Waals surface area contributed by atoms with Crippen LogP contribution in [0.15, 0.2) is 30.3 Å². The monoisotopic (exact) mass is 278 g/mol. The van der Waals surface area contributed by atoms with Crippen molar-refractivity contribution >= 4 is 5.97 Å². The molecule has 0 aliphatic heterocycles. The highest BCUT2D eigenvalue weighted by atomic mass is 16.5. The average Bonchev–Trinajstić information content (AvgIpc) is 2.45. The molecule has 0 bridgehead atoms. The molecule has 0 radical (unpaired) electrons. The van der Waals surface area contributed by atoms with Gasteiger partial charge in [0.25, 0.3) is 0 Å². The molecule has 0 saturated carbocycles. The molecule has 1 aromatic rings. The largest absolute Gasteiger partial charge is 0.478 e. The fraction of sp³-hybridized carbons (Fsp3) is 0.588. The molecule has 0 aliphatic carbocycles. The number of carbonyl (C=O) groups is 1. The van der Waals surface area contributed by atoms with Gasteiger partial charge in [-0.3, -0.25) is 0 Å². The Morgan fingerprint density at radius 3 is 2.35 bits per heavy atom. The minimum Gasteiger partial charge on any atom is -0.478 e. The van der Waals surface area contributed by atoms with E-state index in [1.54, 1.807) is 0 Å². The Balaban J connectivity index is 2.71. The van der Waals surface area contributed by atoms with E-state index in [9.17, 15) is 9.90 Å². The second-order valence-electron chi connectivity index (χ2n) is 5.23. The summed E-state index contributed by atoms with van der Waals surface area (Å²) in [5.74, 6) is -0.135. The molecule has 2 atom stereocenters. The van der Waals surface area contributed by atoms with Gasteiger partial charge in [-0.1, -0.05) is 57.7 Å². The summed E-state index contributed by atoms with van der Waals surface area (Å²) in [7, 11) is 0. The minimum atomic E-state index is -0.858. The van der Waals surface area contributed by atoms with Crippen molar-refractivity contribution in [3.05, 3.63) is 30.3 Å². The van der Waals surface area contributed by atoms with Crippen LogP contribution in [0.25, 0.3) is 0 Å². The fourth-order valence-electron chi connectivity index (χ4n) is 2.47. The number of carboxylic acid groups (broad SMARTS) is 1. The highest BCUT2D eigenvalue weighted by Gasteiger charge is 2.29. The minimum absolute atomic E-state index is 0.0873. The summed E-state index contributed by atoms with van der Waals surface area (Å²) in [4.78, 5) is 11.5. The normalized spacial score (nSPS) is 13.7. The SMILES string of the molecule is CCCCCC(CCC)C(Oc1ccccc1)C(=O)O. The number of unbranched alkanes of at least 4 members (excludes halogenated alkanes) is 2. The number of hydrogen-bond donors (Lipinski definition) is 1. The molecule has 20 heavy (non-hydrogen) atoms. The molecule has 112 valence electrons. The number of rotatable bonds is 10. The summed E-state index contributed by atoms with van der Waals surface area (Å²) in [5.41, 5.74) is 0. The smallest absolute Gasteiger partial charge is 0.345 e. The second kappa shape index (κ2) is 9.40. The van der Waals surface area contributed by atoms with Gasteiger partial charge in [0.2, 0.25) is 0 Å². The van der Waals surface area contributed by atoms with Crippen molar-refractivity contribution in [3.63, 3.8) is 0 Å². The molecule has 0 saturated heterocycles. The van der Waals surface area contributed by atoms with Crippen LogP contribution in [0.4, 0.5) is 0 Å². The van der Waals surface area contributed by atoms with Gasteiger partial charge in [-0.05, 0) is 25.0 Å². The quantitative estimate of drug-likeness (QED) is 0.640. The zero-order valence-corrected chi connectivity index (χ0v) is 12.5. The van der Waals surface area contributed by atoms with E-state index in [-0.39, 0.29) is 5.92 Å². The fourth-order valence-corrected chi connectivity index (χ4v) is 2.47. The van der Waals surface area contributed by atoms with E-state index >= 15 is 0 Å². The maximum absolute atomic E-state index is 11.5. The molecule has 0 aromatic heterocycles. The van der Waals surface area contributed by atoms with E-state index in [0.717, 1.165) is 38.5 Å². The molecule has 0 heterocycles. The van der Waals surface area contributed by atoms with E-state index in [4.69, 9.17) is 4.74 Å². The van der Waals surface area contributed by atoms with Crippen LogP contribution in [0.1, 0.15) is 52.4 Å². The Morgan fingerprint density at radius 1 is 1.10 bits per heavy atom. The van der Waals surface area contributed by atoms with E-state index < -0.39 is 12.1 Å². The van der Waals surface area contributed by atoms with Gasteiger partial charge < -0.3 is 9.84 Å². The first-order chi connectivity index (χ1) is 9.69. The van der Waals surface area contributed by atoms with Crippen molar-refractivity contribution in [2.24, 2.45) is 5.92 Å². The summed E-state index contributed by atoms with van der Waals surface area (Å²) >= 11 is 0. The van der Waals surface area contributed by atoms with E-state index in [1.807, 2.05) is 30.3 Å². The number of benzene rings is 1. The van der Waals surface area contributed by atoms with E-state index in [0.29, 0.717) is 5.75 Å². The third-order valence-electron chi connectivity index (χ3n) is 3.52. The predicted molar refractivity (Wildman–Crippen MR) is 81.0 cm³/mol. The summed E-state index contributed by atoms with van der Waals surface area (Å²) in [6.45, 7) is 4.25. The first-order valence-electron chi connectivity index (χ1n) is 7.63. The van der Waals surface area contributed by atoms with Gasteiger partial charge in [0.1, 0.15) is 5.75 Å². The molecule has 2 unspecified atom stereocenters. The molecular formula is C17H26O3. The molecule has 3 heteroatoms. The van der Waals surface area contributed by atoms with Gasteiger partial charge in [-0.25, -0.2) is 4.79 Å². The summed E-state index contributed by atoms with van der Waals surface area (Å²) in [5, 5.41) is 9.46. The van der Waals surface area contributed by atoms with Crippen LogP contribution in [0.2, 0.25) is 0 Å². The molecule has 1 aromatic carbocycles. The van der Waals surface area contributed by atoms with E-state index in [2.05, 4.69) is 13.8 Å². The van der Waals surface area contributed by atoms with Crippen molar-refractivity contribution in [1.82, 2.24) is 0 Å². The van der Waals surface area contributed by atoms with Crippen LogP contribution in [0.3, 0.4) is 0 Å². The number of ether oxygens (including phenoxy) is 1. The summed E-state index contributed by atoms with van der Waals surface area (Å²) < 4.78 is 5.72. The standard InChI is InChI=1S/C17H26O3/c1-3-5-7-11-14(10-4-2)16(17(18)19)20-15-12-8-6-9-13-15/h6,8-9,12-14,16H,3-5,7,10-11H2,1-2H3,(H,18,19). The number of hydrogen-bond acceptors (Lipinski definition) is 2. The molecule has 1 rings (SSSR count). The lowest BCUT2D eigenvalue weighted by atomic mass is 9.91. The zero-order chi connectivity index (χ0) is 14.8. The number of aliphatic carboxylic acids is 1. The van der Waals surface area contributed by atoms with Crippen molar-refractivity contribution in [3.8, 4) is 5.75 Å². The predicted octanol–water partition coefficient (Wildman–Crippen LogP) is 4.52. The third-order valence-corrected chi connectivity index (χ3v) is 3.52. The first-order valence-corrected chi connectivity index (χ1v) is 7.63. The summed E-state index contributed by atoms with van der Waals surface area (Å²) in [6, 6.07) is 9.24. The summed E-state index contributed by atoms with van der Waals surface area (Å²) in [6.07, 6.45) is 5.43. The van der Waals surface area contributed by atoms with Crippen LogP contribution in [0.5, 0.6) is 5.75 Å². The van der Waals surface area contributed by atoms with Crippen molar-refractivity contribution < 1.29 is 14.6 Å². The lowest BCUT2D eigenvalue weighted by Crippen LogP contribution is -2.35. The lowest BCUT2D eigenvalue weighted by Gasteiger charge is -2.24. The number of para-hydroxylation sites is 1. The van der Waals surface area contributed by atoms with Crippen LogP contribution >= 0.6 is 0 Å². The number of carboxylic acids is 1. The van der Waals surface area contributed by atoms with Gasteiger partial charge in [0, 0.05) is 5.92 Å². The lowest BCUT2D eigenvalue weighted by molar-refractivity contribution is -0.148. The van der Waals surface area contributed by atoms with Crippen LogP contribution < -0.4 is 4.74 Å². The maximum atomic E-state index is 11.5. The van der Waals surface area contributed by atoms with Gasteiger partial charge in [-0.15, -0.1) is 0 Å². The van der Waals surface area contributed by atoms with E-state index in [1.165, 1.54) is 0 Å². The van der Waals surface area contributed by atoms with Gasteiger partial charge in [0.05, 0.1) is 0 Å².